The molecule has 3 aliphatic rings. The number of phenols is 1. The molecule has 0 saturated carbocycles. The van der Waals surface area contributed by atoms with Gasteiger partial charge in [-0.2, -0.15) is 0 Å². The summed E-state index contributed by atoms with van der Waals surface area (Å²) in [5.41, 5.74) is 1.56. The highest BCUT2D eigenvalue weighted by atomic mass is 16.6. The maximum Gasteiger partial charge on any atom is 0.336 e. The molecule has 2 atom stereocenters. The third-order valence-electron chi connectivity index (χ3n) is 6.33. The normalized spacial score (nSPS) is 22.4. The van der Waals surface area contributed by atoms with Crippen LogP contribution in [0.4, 0.5) is 5.69 Å². The van der Waals surface area contributed by atoms with Gasteiger partial charge in [0.2, 0.25) is 5.75 Å². The van der Waals surface area contributed by atoms with E-state index in [-0.39, 0.29) is 36.4 Å². The number of aromatic hydroxyl groups is 1. The van der Waals surface area contributed by atoms with Crippen molar-refractivity contribution in [1.29, 1.82) is 0 Å². The van der Waals surface area contributed by atoms with Gasteiger partial charge in [-0.3, -0.25) is 14.9 Å². The number of carbonyl (C=O) groups is 2. The van der Waals surface area contributed by atoms with Crippen LogP contribution >= 0.6 is 0 Å². The Morgan fingerprint density at radius 2 is 2.12 bits per heavy atom. The maximum atomic E-state index is 13.3. The van der Waals surface area contributed by atoms with Gasteiger partial charge in [0.05, 0.1) is 23.2 Å². The molecule has 10 nitrogen and oxygen atoms in total. The third kappa shape index (κ3) is 4.50. The molecule has 1 saturated heterocycles. The van der Waals surface area contributed by atoms with Crippen LogP contribution in [-0.2, 0) is 19.1 Å². The molecular formula is C24H28N2O8. The van der Waals surface area contributed by atoms with Crippen molar-refractivity contribution in [3.63, 3.8) is 0 Å². The molecular weight excluding hydrogens is 444 g/mol. The number of phenolic OH excluding ortho intramolecular Hbond substituents is 1. The summed E-state index contributed by atoms with van der Waals surface area (Å²) >= 11 is 0. The van der Waals surface area contributed by atoms with Crippen LogP contribution in [0.5, 0.6) is 11.5 Å². The number of rotatable bonds is 7. The predicted octanol–water partition coefficient (Wildman–Crippen LogP) is 3.39. The van der Waals surface area contributed by atoms with E-state index in [0.29, 0.717) is 48.4 Å². The van der Waals surface area contributed by atoms with Crippen molar-refractivity contribution in [2.24, 2.45) is 0 Å². The lowest BCUT2D eigenvalue weighted by molar-refractivity contribution is -0.386. The smallest absolute Gasteiger partial charge is 0.336 e. The van der Waals surface area contributed by atoms with Crippen molar-refractivity contribution in [3.8, 4) is 11.5 Å². The number of carbonyl (C=O) groups excluding carboxylic acids is 2. The Kier molecular flexibility index (Phi) is 6.87. The Morgan fingerprint density at radius 1 is 1.32 bits per heavy atom. The number of benzene rings is 1. The minimum Gasteiger partial charge on any atom is -0.500 e. The molecule has 1 aromatic carbocycles. The summed E-state index contributed by atoms with van der Waals surface area (Å²) in [6, 6.07) is 2.65. The molecule has 1 fully saturated rings. The molecule has 1 aromatic rings. The summed E-state index contributed by atoms with van der Waals surface area (Å²) in [6.45, 7) is 4.28. The molecule has 0 bridgehead atoms. The van der Waals surface area contributed by atoms with Crippen molar-refractivity contribution in [2.75, 3.05) is 19.8 Å². The van der Waals surface area contributed by atoms with Gasteiger partial charge in [0.15, 0.2) is 11.5 Å². The summed E-state index contributed by atoms with van der Waals surface area (Å²) < 4.78 is 16.5. The van der Waals surface area contributed by atoms with E-state index >= 15 is 0 Å². The number of ether oxygens (including phenoxy) is 3. The van der Waals surface area contributed by atoms with Crippen LogP contribution in [0.1, 0.15) is 57.4 Å². The van der Waals surface area contributed by atoms with Gasteiger partial charge < -0.3 is 24.6 Å². The number of nitro groups is 1. The Bertz CT molecular complexity index is 1080. The van der Waals surface area contributed by atoms with Crippen LogP contribution in [0.25, 0.3) is 0 Å². The lowest BCUT2D eigenvalue weighted by Crippen LogP contribution is -2.35. The first-order valence-corrected chi connectivity index (χ1v) is 11.5. The average Bonchev–Trinajstić information content (AvgIpc) is 3.32. The standard InChI is InChI=1S/C24H28N2O8/c1-3-32-19-11-14(10-17(23(19)28)26(30)31)21-20(24(29)34-12-15-6-5-9-33-15)13(2)25-16-7-4-8-18(27)22(16)21/h10-11,15,21,25,28H,3-9,12H2,1-2H3/t15-,21+/m1/s1. The van der Waals surface area contributed by atoms with Crippen LogP contribution in [-0.4, -0.2) is 47.7 Å². The Labute approximate surface area is 196 Å². The van der Waals surface area contributed by atoms with E-state index in [1.165, 1.54) is 12.1 Å². The molecule has 0 unspecified atom stereocenters. The Hall–Kier alpha value is -3.40. The fraction of sp³-hybridized carbons (Fsp3) is 0.500. The van der Waals surface area contributed by atoms with Crippen LogP contribution in [0.2, 0.25) is 0 Å². The zero-order chi connectivity index (χ0) is 24.4. The fourth-order valence-electron chi connectivity index (χ4n) is 4.79. The van der Waals surface area contributed by atoms with Crippen molar-refractivity contribution < 1.29 is 33.8 Å². The van der Waals surface area contributed by atoms with E-state index in [0.717, 1.165) is 12.8 Å². The van der Waals surface area contributed by atoms with Gasteiger partial charge in [0.25, 0.3) is 0 Å². The van der Waals surface area contributed by atoms with Crippen molar-refractivity contribution >= 4 is 17.4 Å². The number of hydrogen-bond donors (Lipinski definition) is 2. The van der Waals surface area contributed by atoms with Crippen molar-refractivity contribution in [3.05, 3.63) is 50.4 Å². The molecule has 2 N–H and O–H groups in total. The number of nitro benzene ring substituents is 1. The van der Waals surface area contributed by atoms with E-state index < -0.39 is 28.2 Å². The largest absolute Gasteiger partial charge is 0.500 e. The van der Waals surface area contributed by atoms with E-state index in [4.69, 9.17) is 14.2 Å². The SMILES string of the molecule is CCOc1cc([C@H]2C(C(=O)OC[C@H]3CCCO3)=C(C)NC3=C2C(=O)CCC3)cc([N+](=O)[O-])c1O. The highest BCUT2D eigenvalue weighted by Crippen LogP contribution is 2.47. The number of Topliss-reactive ketones (excluding diaryl/α,β-unsaturated/α-hetero) is 1. The summed E-state index contributed by atoms with van der Waals surface area (Å²) in [6.07, 6.45) is 3.12. The summed E-state index contributed by atoms with van der Waals surface area (Å²) in [7, 11) is 0. The third-order valence-corrected chi connectivity index (χ3v) is 6.33. The maximum absolute atomic E-state index is 13.3. The van der Waals surface area contributed by atoms with Gasteiger partial charge in [0.1, 0.15) is 6.61 Å². The number of allylic oxidation sites excluding steroid dienone is 3. The average molecular weight is 472 g/mol. The Balaban J connectivity index is 1.81. The van der Waals surface area contributed by atoms with Gasteiger partial charge >= 0.3 is 11.7 Å². The highest BCUT2D eigenvalue weighted by molar-refractivity contribution is 6.03. The molecule has 2 aliphatic heterocycles. The van der Waals surface area contributed by atoms with Gasteiger partial charge in [-0.1, -0.05) is 0 Å². The second-order valence-corrected chi connectivity index (χ2v) is 8.58. The molecule has 182 valence electrons. The molecule has 10 heteroatoms. The first-order valence-electron chi connectivity index (χ1n) is 11.5. The first kappa shape index (κ1) is 23.7. The lowest BCUT2D eigenvalue weighted by atomic mass is 9.75. The van der Waals surface area contributed by atoms with E-state index in [1.54, 1.807) is 13.8 Å². The molecule has 4 rings (SSSR count). The van der Waals surface area contributed by atoms with E-state index in [9.17, 15) is 24.8 Å². The quantitative estimate of drug-likeness (QED) is 0.347. The lowest BCUT2D eigenvalue weighted by Gasteiger charge is -2.34. The number of esters is 1. The zero-order valence-corrected chi connectivity index (χ0v) is 19.2. The number of nitrogens with one attached hydrogen (secondary N) is 1. The summed E-state index contributed by atoms with van der Waals surface area (Å²) in [5.74, 6) is -2.33. The van der Waals surface area contributed by atoms with E-state index in [2.05, 4.69) is 5.32 Å². The topological polar surface area (TPSA) is 137 Å². The van der Waals surface area contributed by atoms with Crippen LogP contribution in [0, 0.1) is 10.1 Å². The zero-order valence-electron chi connectivity index (χ0n) is 19.2. The molecule has 0 radical (unpaired) electrons. The minimum atomic E-state index is -0.889. The predicted molar refractivity (Wildman–Crippen MR) is 120 cm³/mol. The number of ketones is 1. The fourth-order valence-corrected chi connectivity index (χ4v) is 4.79. The Morgan fingerprint density at radius 3 is 2.79 bits per heavy atom. The molecule has 34 heavy (non-hydrogen) atoms. The highest BCUT2D eigenvalue weighted by Gasteiger charge is 2.40. The second kappa shape index (κ2) is 9.84. The summed E-state index contributed by atoms with van der Waals surface area (Å²) in [4.78, 5) is 37.3. The molecule has 0 aromatic heterocycles. The number of dihydropyridines is 1. The second-order valence-electron chi connectivity index (χ2n) is 8.58. The summed E-state index contributed by atoms with van der Waals surface area (Å²) in [5, 5.41) is 25.2. The minimum absolute atomic E-state index is 0.0830. The van der Waals surface area contributed by atoms with Gasteiger partial charge in [-0.15, -0.1) is 0 Å². The van der Waals surface area contributed by atoms with Crippen molar-refractivity contribution in [2.45, 2.75) is 58.0 Å². The number of nitrogens with zero attached hydrogens (tertiary/aromatic N) is 1. The van der Waals surface area contributed by atoms with Crippen LogP contribution in [0.3, 0.4) is 0 Å². The molecule has 0 amide bonds. The molecule has 1 aliphatic carbocycles. The molecule has 2 heterocycles. The first-order chi connectivity index (χ1) is 16.3. The number of hydrogen-bond acceptors (Lipinski definition) is 9. The van der Waals surface area contributed by atoms with Crippen LogP contribution < -0.4 is 10.1 Å². The van der Waals surface area contributed by atoms with Gasteiger partial charge in [-0.05, 0) is 51.2 Å². The molecule has 0 spiro atoms. The van der Waals surface area contributed by atoms with Crippen molar-refractivity contribution in [1.82, 2.24) is 5.32 Å². The van der Waals surface area contributed by atoms with E-state index in [1.807, 2.05) is 0 Å². The monoisotopic (exact) mass is 472 g/mol. The van der Waals surface area contributed by atoms with Gasteiger partial charge in [0, 0.05) is 42.0 Å². The van der Waals surface area contributed by atoms with Crippen LogP contribution in [0.15, 0.2) is 34.7 Å². The van der Waals surface area contributed by atoms with Gasteiger partial charge in [-0.25, -0.2) is 4.79 Å².